The van der Waals surface area contributed by atoms with Gasteiger partial charge in [-0.2, -0.15) is 0 Å². The zero-order valence-electron chi connectivity index (χ0n) is 13.2. The molecule has 0 aromatic rings. The molecule has 0 aromatic carbocycles. The SMILES string of the molecule is COC(=O)CC1CN(C(=O)OC(C)(C)C)C(C)(C)CO1. The summed E-state index contributed by atoms with van der Waals surface area (Å²) in [4.78, 5) is 25.2. The van der Waals surface area contributed by atoms with Gasteiger partial charge in [-0.05, 0) is 34.6 Å². The molecule has 1 aliphatic rings. The molecular weight excluding hydrogens is 262 g/mol. The molecule has 1 fully saturated rings. The van der Waals surface area contributed by atoms with Crippen LogP contribution >= 0.6 is 0 Å². The fourth-order valence-electron chi connectivity index (χ4n) is 1.93. The average Bonchev–Trinajstić information content (AvgIpc) is 2.28. The van der Waals surface area contributed by atoms with E-state index in [0.29, 0.717) is 13.2 Å². The van der Waals surface area contributed by atoms with E-state index in [2.05, 4.69) is 4.74 Å². The predicted octanol–water partition coefficient (Wildman–Crippen LogP) is 1.96. The van der Waals surface area contributed by atoms with Crippen molar-refractivity contribution < 1.29 is 23.8 Å². The molecule has 6 heteroatoms. The van der Waals surface area contributed by atoms with Gasteiger partial charge in [0.05, 0.1) is 38.3 Å². The van der Waals surface area contributed by atoms with Crippen molar-refractivity contribution >= 4 is 12.1 Å². The minimum absolute atomic E-state index is 0.131. The molecule has 0 saturated carbocycles. The summed E-state index contributed by atoms with van der Waals surface area (Å²) in [5.41, 5.74) is -1.02. The molecule has 1 unspecified atom stereocenters. The Labute approximate surface area is 120 Å². The lowest BCUT2D eigenvalue weighted by atomic mass is 10.0. The summed E-state index contributed by atoms with van der Waals surface area (Å²) in [6, 6.07) is 0. The zero-order valence-corrected chi connectivity index (χ0v) is 13.2. The van der Waals surface area contributed by atoms with Crippen LogP contribution in [0.2, 0.25) is 0 Å². The van der Waals surface area contributed by atoms with Gasteiger partial charge in [0.15, 0.2) is 0 Å². The second kappa shape index (κ2) is 5.99. The van der Waals surface area contributed by atoms with Crippen LogP contribution in [0.15, 0.2) is 0 Å². The lowest BCUT2D eigenvalue weighted by Gasteiger charge is -2.45. The molecular formula is C14H25NO5. The molecule has 1 rings (SSSR count). The van der Waals surface area contributed by atoms with Gasteiger partial charge in [-0.1, -0.05) is 0 Å². The first-order valence-electron chi connectivity index (χ1n) is 6.74. The monoisotopic (exact) mass is 287 g/mol. The second-order valence-corrected chi connectivity index (χ2v) is 6.62. The number of ether oxygens (including phenoxy) is 3. The van der Waals surface area contributed by atoms with Crippen LogP contribution in [0.25, 0.3) is 0 Å². The minimum Gasteiger partial charge on any atom is -0.469 e. The van der Waals surface area contributed by atoms with Crippen molar-refractivity contribution in [1.82, 2.24) is 4.90 Å². The average molecular weight is 287 g/mol. The molecule has 0 aliphatic carbocycles. The molecule has 20 heavy (non-hydrogen) atoms. The number of methoxy groups -OCH3 is 1. The number of hydrogen-bond donors (Lipinski definition) is 0. The quantitative estimate of drug-likeness (QED) is 0.726. The minimum atomic E-state index is -0.552. The normalized spacial score (nSPS) is 22.3. The summed E-state index contributed by atoms with van der Waals surface area (Å²) in [7, 11) is 1.33. The molecule has 1 heterocycles. The third kappa shape index (κ3) is 4.67. The largest absolute Gasteiger partial charge is 0.469 e. The van der Waals surface area contributed by atoms with Crippen LogP contribution in [0, 0.1) is 0 Å². The van der Waals surface area contributed by atoms with Crippen LogP contribution in [0.4, 0.5) is 4.79 Å². The second-order valence-electron chi connectivity index (χ2n) is 6.62. The van der Waals surface area contributed by atoms with Gasteiger partial charge in [0.1, 0.15) is 5.60 Å². The standard InChI is InChI=1S/C14H25NO5/c1-13(2,3)20-12(17)15-8-10(7-11(16)18-6)19-9-14(15,4)5/h10H,7-9H2,1-6H3. The maximum atomic E-state index is 12.3. The van der Waals surface area contributed by atoms with E-state index in [1.54, 1.807) is 4.90 Å². The molecule has 0 aromatic heterocycles. The predicted molar refractivity (Wildman–Crippen MR) is 73.4 cm³/mol. The highest BCUT2D eigenvalue weighted by molar-refractivity contribution is 5.71. The van der Waals surface area contributed by atoms with Gasteiger partial charge in [-0.3, -0.25) is 9.69 Å². The van der Waals surface area contributed by atoms with Gasteiger partial charge in [0.25, 0.3) is 0 Å². The number of hydrogen-bond acceptors (Lipinski definition) is 5. The summed E-state index contributed by atoms with van der Waals surface area (Å²) < 4.78 is 15.7. The van der Waals surface area contributed by atoms with Crippen molar-refractivity contribution in [3.05, 3.63) is 0 Å². The van der Waals surface area contributed by atoms with Crippen molar-refractivity contribution in [3.8, 4) is 0 Å². The first-order chi connectivity index (χ1) is 9.05. The number of esters is 1. The van der Waals surface area contributed by atoms with E-state index in [4.69, 9.17) is 9.47 Å². The van der Waals surface area contributed by atoms with Gasteiger partial charge in [0, 0.05) is 0 Å². The number of morpholine rings is 1. The number of amides is 1. The fraction of sp³-hybridized carbons (Fsp3) is 0.857. The van der Waals surface area contributed by atoms with Crippen LogP contribution < -0.4 is 0 Å². The Bertz CT molecular complexity index is 372. The molecule has 0 N–H and O–H groups in total. The summed E-state index contributed by atoms with van der Waals surface area (Å²) in [6.45, 7) is 9.96. The van der Waals surface area contributed by atoms with Crippen molar-refractivity contribution in [3.63, 3.8) is 0 Å². The molecule has 0 radical (unpaired) electrons. The maximum Gasteiger partial charge on any atom is 0.410 e. The Balaban J connectivity index is 2.74. The molecule has 1 saturated heterocycles. The van der Waals surface area contributed by atoms with Gasteiger partial charge < -0.3 is 14.2 Å². The Hall–Kier alpha value is -1.30. The van der Waals surface area contributed by atoms with E-state index < -0.39 is 11.1 Å². The summed E-state index contributed by atoms with van der Waals surface area (Å²) >= 11 is 0. The number of carbonyl (C=O) groups is 2. The Morgan fingerprint density at radius 3 is 2.45 bits per heavy atom. The highest BCUT2D eigenvalue weighted by Crippen LogP contribution is 2.25. The number of carbonyl (C=O) groups excluding carboxylic acids is 2. The van der Waals surface area contributed by atoms with Crippen LogP contribution in [0.1, 0.15) is 41.0 Å². The zero-order chi connectivity index (χ0) is 15.6. The molecule has 1 aliphatic heterocycles. The van der Waals surface area contributed by atoms with E-state index in [9.17, 15) is 9.59 Å². The first kappa shape index (κ1) is 16.8. The molecule has 116 valence electrons. The molecule has 0 bridgehead atoms. The van der Waals surface area contributed by atoms with E-state index in [1.807, 2.05) is 34.6 Å². The van der Waals surface area contributed by atoms with Gasteiger partial charge in [-0.15, -0.1) is 0 Å². The topological polar surface area (TPSA) is 65.1 Å². The van der Waals surface area contributed by atoms with Gasteiger partial charge >= 0.3 is 12.1 Å². The molecule has 1 amide bonds. The summed E-state index contributed by atoms with van der Waals surface area (Å²) in [5, 5.41) is 0. The van der Waals surface area contributed by atoms with Crippen molar-refractivity contribution in [2.24, 2.45) is 0 Å². The summed E-state index contributed by atoms with van der Waals surface area (Å²) in [6.07, 6.45) is -0.616. The van der Waals surface area contributed by atoms with Crippen LogP contribution in [0.3, 0.4) is 0 Å². The van der Waals surface area contributed by atoms with Crippen LogP contribution in [0.5, 0.6) is 0 Å². The van der Waals surface area contributed by atoms with E-state index in [1.165, 1.54) is 7.11 Å². The highest BCUT2D eigenvalue weighted by Gasteiger charge is 2.40. The van der Waals surface area contributed by atoms with E-state index in [-0.39, 0.29) is 24.6 Å². The third-order valence-electron chi connectivity index (χ3n) is 3.03. The van der Waals surface area contributed by atoms with E-state index >= 15 is 0 Å². The Morgan fingerprint density at radius 1 is 1.35 bits per heavy atom. The van der Waals surface area contributed by atoms with Gasteiger partial charge in [0.2, 0.25) is 0 Å². The maximum absolute atomic E-state index is 12.3. The third-order valence-corrected chi connectivity index (χ3v) is 3.03. The van der Waals surface area contributed by atoms with Crippen LogP contribution in [-0.4, -0.2) is 54.5 Å². The smallest absolute Gasteiger partial charge is 0.410 e. The summed E-state index contributed by atoms with van der Waals surface area (Å²) in [5.74, 6) is -0.348. The number of rotatable bonds is 2. The lowest BCUT2D eigenvalue weighted by molar-refractivity contribution is -0.149. The molecule has 0 spiro atoms. The number of nitrogens with zero attached hydrogens (tertiary/aromatic N) is 1. The Kier molecular flexibility index (Phi) is 5.02. The van der Waals surface area contributed by atoms with Crippen molar-refractivity contribution in [1.29, 1.82) is 0 Å². The van der Waals surface area contributed by atoms with Gasteiger partial charge in [-0.25, -0.2) is 4.79 Å². The Morgan fingerprint density at radius 2 is 1.95 bits per heavy atom. The van der Waals surface area contributed by atoms with Crippen molar-refractivity contribution in [2.75, 3.05) is 20.3 Å². The molecule has 1 atom stereocenters. The lowest BCUT2D eigenvalue weighted by Crippen LogP contribution is -2.59. The van der Waals surface area contributed by atoms with Crippen LogP contribution in [-0.2, 0) is 19.0 Å². The van der Waals surface area contributed by atoms with E-state index in [0.717, 1.165) is 0 Å². The molecule has 6 nitrogen and oxygen atoms in total. The van der Waals surface area contributed by atoms with Crippen molar-refractivity contribution in [2.45, 2.75) is 58.3 Å². The fourth-order valence-corrected chi connectivity index (χ4v) is 1.93. The highest BCUT2D eigenvalue weighted by atomic mass is 16.6. The first-order valence-corrected chi connectivity index (χ1v) is 6.74.